The van der Waals surface area contributed by atoms with Gasteiger partial charge in [-0.25, -0.2) is 4.79 Å². The number of Topliss-reactive ketones (excluding diaryl/α,β-unsaturated/α-hetero) is 1. The van der Waals surface area contributed by atoms with Crippen LogP contribution in [0.25, 0.3) is 6.08 Å². The Morgan fingerprint density at radius 1 is 1.19 bits per heavy atom. The molecule has 1 aliphatic heterocycles. The van der Waals surface area contributed by atoms with Crippen LogP contribution in [0, 0.1) is 13.8 Å². The fourth-order valence-electron chi connectivity index (χ4n) is 3.01. The third-order valence-corrected chi connectivity index (χ3v) is 4.34. The van der Waals surface area contributed by atoms with Crippen molar-refractivity contribution >= 4 is 17.8 Å². The number of ether oxygens (including phenoxy) is 3. The standard InChI is InChI=1S/C20H21NO5/c1-4-21-13(2)9-16(14(21)3)17(22)11-24-20(23)8-6-15-5-7-18-19(10-15)26-12-25-18/h5-10H,4,11-12H2,1-3H3/b8-6+. The van der Waals surface area contributed by atoms with Crippen LogP contribution in [0.2, 0.25) is 0 Å². The molecule has 0 aliphatic carbocycles. The number of carbonyl (C=O) groups excluding carboxylic acids is 2. The van der Waals surface area contributed by atoms with E-state index in [-0.39, 0.29) is 19.2 Å². The maximum atomic E-state index is 12.3. The second-order valence-electron chi connectivity index (χ2n) is 6.01. The Hall–Kier alpha value is -3.02. The Balaban J connectivity index is 1.58. The van der Waals surface area contributed by atoms with Gasteiger partial charge >= 0.3 is 5.97 Å². The van der Waals surface area contributed by atoms with Crippen molar-refractivity contribution in [1.82, 2.24) is 4.57 Å². The van der Waals surface area contributed by atoms with Crippen molar-refractivity contribution in [2.24, 2.45) is 0 Å². The molecule has 2 heterocycles. The van der Waals surface area contributed by atoms with Crippen molar-refractivity contribution < 1.29 is 23.8 Å². The smallest absolute Gasteiger partial charge is 0.331 e. The summed E-state index contributed by atoms with van der Waals surface area (Å²) in [7, 11) is 0. The molecule has 6 heteroatoms. The van der Waals surface area contributed by atoms with E-state index in [0.717, 1.165) is 23.5 Å². The van der Waals surface area contributed by atoms with Gasteiger partial charge < -0.3 is 18.8 Å². The number of aryl methyl sites for hydroxylation is 1. The second-order valence-corrected chi connectivity index (χ2v) is 6.01. The van der Waals surface area contributed by atoms with E-state index in [1.165, 1.54) is 6.08 Å². The second kappa shape index (κ2) is 7.47. The van der Waals surface area contributed by atoms with E-state index >= 15 is 0 Å². The predicted octanol–water partition coefficient (Wildman–Crippen LogP) is 3.29. The van der Waals surface area contributed by atoms with Gasteiger partial charge in [-0.3, -0.25) is 4.79 Å². The lowest BCUT2D eigenvalue weighted by atomic mass is 10.1. The summed E-state index contributed by atoms with van der Waals surface area (Å²) in [6, 6.07) is 7.19. The molecule has 6 nitrogen and oxygen atoms in total. The molecule has 1 aliphatic rings. The van der Waals surface area contributed by atoms with Gasteiger partial charge in [0.05, 0.1) is 0 Å². The van der Waals surface area contributed by atoms with E-state index in [1.807, 2.05) is 32.9 Å². The normalized spacial score (nSPS) is 12.6. The van der Waals surface area contributed by atoms with E-state index in [0.29, 0.717) is 17.1 Å². The Bertz CT molecular complexity index is 879. The minimum atomic E-state index is -0.569. The van der Waals surface area contributed by atoms with Crippen molar-refractivity contribution in [2.75, 3.05) is 13.4 Å². The van der Waals surface area contributed by atoms with Crippen LogP contribution in [0.15, 0.2) is 30.3 Å². The zero-order valence-corrected chi connectivity index (χ0v) is 15.1. The zero-order valence-electron chi connectivity index (χ0n) is 15.1. The summed E-state index contributed by atoms with van der Waals surface area (Å²) >= 11 is 0. The highest BCUT2D eigenvalue weighted by molar-refractivity contribution is 6.00. The third-order valence-electron chi connectivity index (χ3n) is 4.34. The lowest BCUT2D eigenvalue weighted by Crippen LogP contribution is -2.13. The topological polar surface area (TPSA) is 66.8 Å². The van der Waals surface area contributed by atoms with Gasteiger partial charge in [-0.15, -0.1) is 0 Å². The van der Waals surface area contributed by atoms with Crippen LogP contribution in [-0.4, -0.2) is 29.7 Å². The molecule has 0 radical (unpaired) electrons. The summed E-state index contributed by atoms with van der Waals surface area (Å²) in [6.07, 6.45) is 2.90. The Kier molecular flexibility index (Phi) is 5.11. The molecular formula is C20H21NO5. The number of esters is 1. The van der Waals surface area contributed by atoms with Crippen LogP contribution in [-0.2, 0) is 16.1 Å². The lowest BCUT2D eigenvalue weighted by Gasteiger charge is -2.05. The van der Waals surface area contributed by atoms with E-state index in [2.05, 4.69) is 4.57 Å². The molecule has 0 N–H and O–H groups in total. The number of ketones is 1. The molecule has 3 rings (SSSR count). The Labute approximate surface area is 152 Å². The average molecular weight is 355 g/mol. The Morgan fingerprint density at radius 3 is 2.69 bits per heavy atom. The fourth-order valence-corrected chi connectivity index (χ4v) is 3.01. The SMILES string of the molecule is CCn1c(C)cc(C(=O)COC(=O)/C=C/c2ccc3c(c2)OCO3)c1C. The summed E-state index contributed by atoms with van der Waals surface area (Å²) in [6.45, 7) is 6.58. The number of rotatable bonds is 6. The van der Waals surface area contributed by atoms with Crippen LogP contribution in [0.3, 0.4) is 0 Å². The molecule has 0 bridgehead atoms. The molecule has 2 aromatic rings. The van der Waals surface area contributed by atoms with Crippen molar-refractivity contribution in [1.29, 1.82) is 0 Å². The van der Waals surface area contributed by atoms with E-state index in [9.17, 15) is 9.59 Å². The molecule has 1 aromatic carbocycles. The molecule has 136 valence electrons. The number of fused-ring (bicyclic) bond motifs is 1. The molecule has 26 heavy (non-hydrogen) atoms. The third kappa shape index (κ3) is 3.64. The van der Waals surface area contributed by atoms with Crippen LogP contribution in [0.1, 0.15) is 34.2 Å². The quantitative estimate of drug-likeness (QED) is 0.452. The summed E-state index contributed by atoms with van der Waals surface area (Å²) < 4.78 is 17.6. The molecule has 0 saturated carbocycles. The number of aromatic nitrogens is 1. The zero-order chi connectivity index (χ0) is 18.7. The highest BCUT2D eigenvalue weighted by Gasteiger charge is 2.16. The summed E-state index contributed by atoms with van der Waals surface area (Å²) in [5.74, 6) is 0.546. The highest BCUT2D eigenvalue weighted by Crippen LogP contribution is 2.32. The molecule has 0 fully saturated rings. The van der Waals surface area contributed by atoms with Gasteiger partial charge in [0.2, 0.25) is 12.6 Å². The number of benzene rings is 1. The van der Waals surface area contributed by atoms with E-state index < -0.39 is 5.97 Å². The maximum absolute atomic E-state index is 12.3. The largest absolute Gasteiger partial charge is 0.454 e. The van der Waals surface area contributed by atoms with Crippen LogP contribution < -0.4 is 9.47 Å². The molecule has 0 spiro atoms. The van der Waals surface area contributed by atoms with E-state index in [1.54, 1.807) is 18.2 Å². The first kappa shape index (κ1) is 17.8. The number of nitrogens with zero attached hydrogens (tertiary/aromatic N) is 1. The van der Waals surface area contributed by atoms with Crippen LogP contribution >= 0.6 is 0 Å². The maximum Gasteiger partial charge on any atom is 0.331 e. The van der Waals surface area contributed by atoms with Crippen molar-refractivity contribution in [3.8, 4) is 11.5 Å². The summed E-state index contributed by atoms with van der Waals surface area (Å²) in [5, 5.41) is 0. The fraction of sp³-hybridized carbons (Fsp3) is 0.300. The first-order valence-corrected chi connectivity index (χ1v) is 8.44. The average Bonchev–Trinajstić information content (AvgIpc) is 3.21. The minimum absolute atomic E-state index is 0.200. The van der Waals surface area contributed by atoms with Gasteiger partial charge in [0.25, 0.3) is 0 Å². The highest BCUT2D eigenvalue weighted by atomic mass is 16.7. The number of carbonyl (C=O) groups is 2. The van der Waals surface area contributed by atoms with Crippen molar-refractivity contribution in [2.45, 2.75) is 27.3 Å². The molecular weight excluding hydrogens is 334 g/mol. The summed E-state index contributed by atoms with van der Waals surface area (Å²) in [5.41, 5.74) is 3.28. The van der Waals surface area contributed by atoms with Gasteiger partial charge in [0, 0.05) is 29.6 Å². The molecule has 1 aromatic heterocycles. The van der Waals surface area contributed by atoms with Crippen LogP contribution in [0.5, 0.6) is 11.5 Å². The predicted molar refractivity (Wildman–Crippen MR) is 96.5 cm³/mol. The van der Waals surface area contributed by atoms with Gasteiger partial charge in [-0.2, -0.15) is 0 Å². The minimum Gasteiger partial charge on any atom is -0.454 e. The molecule has 0 atom stereocenters. The lowest BCUT2D eigenvalue weighted by molar-refractivity contribution is -0.136. The first-order valence-electron chi connectivity index (χ1n) is 8.44. The van der Waals surface area contributed by atoms with Gasteiger partial charge in [0.15, 0.2) is 18.1 Å². The van der Waals surface area contributed by atoms with Crippen LogP contribution in [0.4, 0.5) is 0 Å². The van der Waals surface area contributed by atoms with Crippen molar-refractivity contribution in [3.63, 3.8) is 0 Å². The van der Waals surface area contributed by atoms with Gasteiger partial charge in [-0.1, -0.05) is 6.07 Å². The monoisotopic (exact) mass is 355 g/mol. The first-order chi connectivity index (χ1) is 12.5. The van der Waals surface area contributed by atoms with Gasteiger partial charge in [0.1, 0.15) is 0 Å². The number of hydrogen-bond donors (Lipinski definition) is 0. The van der Waals surface area contributed by atoms with Gasteiger partial charge in [-0.05, 0) is 50.6 Å². The molecule has 0 amide bonds. The summed E-state index contributed by atoms with van der Waals surface area (Å²) in [4.78, 5) is 24.2. The molecule has 0 unspecified atom stereocenters. The van der Waals surface area contributed by atoms with Crippen molar-refractivity contribution in [3.05, 3.63) is 52.9 Å². The number of hydrogen-bond acceptors (Lipinski definition) is 5. The molecule has 0 saturated heterocycles. The van der Waals surface area contributed by atoms with E-state index in [4.69, 9.17) is 14.2 Å². The Morgan fingerprint density at radius 2 is 1.96 bits per heavy atom.